The van der Waals surface area contributed by atoms with Crippen LogP contribution < -0.4 is 15.4 Å². The van der Waals surface area contributed by atoms with Gasteiger partial charge in [0, 0.05) is 13.1 Å². The number of nitrogens with one attached hydrogen (secondary N) is 3. The molecule has 1 unspecified atom stereocenters. The molecule has 0 aliphatic carbocycles. The van der Waals surface area contributed by atoms with Crippen LogP contribution in [0.1, 0.15) is 27.2 Å². The lowest BCUT2D eigenvalue weighted by atomic mass is 10.2. The Balaban J connectivity index is 2.97. The van der Waals surface area contributed by atoms with Gasteiger partial charge in [0.2, 0.25) is 15.9 Å². The fraction of sp³-hybridized carbons (Fsp3) is 0.500. The van der Waals surface area contributed by atoms with E-state index < -0.39 is 16.1 Å². The van der Waals surface area contributed by atoms with Crippen molar-refractivity contribution < 1.29 is 13.2 Å². The van der Waals surface area contributed by atoms with Gasteiger partial charge >= 0.3 is 0 Å². The second-order valence-corrected chi connectivity index (χ2v) is 6.39. The van der Waals surface area contributed by atoms with Gasteiger partial charge in [-0.05, 0) is 32.4 Å². The van der Waals surface area contributed by atoms with E-state index in [2.05, 4.69) is 15.4 Å². The number of rotatable bonds is 8. The molecule has 1 rings (SSSR count). The minimum atomic E-state index is -3.58. The van der Waals surface area contributed by atoms with E-state index in [1.165, 1.54) is 6.07 Å². The highest BCUT2D eigenvalue weighted by molar-refractivity contribution is 7.89. The molecule has 6 nitrogen and oxygen atoms in total. The van der Waals surface area contributed by atoms with Gasteiger partial charge in [-0.15, -0.1) is 0 Å². The van der Waals surface area contributed by atoms with Gasteiger partial charge in [0.05, 0.1) is 5.69 Å². The van der Waals surface area contributed by atoms with E-state index in [1.54, 1.807) is 25.1 Å². The van der Waals surface area contributed by atoms with E-state index in [4.69, 9.17) is 0 Å². The lowest BCUT2D eigenvalue weighted by Gasteiger charge is -2.17. The summed E-state index contributed by atoms with van der Waals surface area (Å²) in [6, 6.07) is 6.03. The number of likely N-dealkylation sites (N-methyl/N-ethyl adjacent to an activating group) is 1. The van der Waals surface area contributed by atoms with Crippen LogP contribution in [0.25, 0.3) is 0 Å². The first-order valence-corrected chi connectivity index (χ1v) is 8.53. The number of benzene rings is 1. The Labute approximate surface area is 126 Å². The van der Waals surface area contributed by atoms with Gasteiger partial charge in [-0.2, -0.15) is 0 Å². The third-order valence-electron chi connectivity index (χ3n) is 2.83. The molecule has 1 aromatic rings. The Morgan fingerprint density at radius 3 is 2.52 bits per heavy atom. The minimum Gasteiger partial charge on any atom is -0.373 e. The van der Waals surface area contributed by atoms with Crippen LogP contribution in [-0.4, -0.2) is 33.5 Å². The summed E-state index contributed by atoms with van der Waals surface area (Å²) in [7, 11) is -3.58. The zero-order valence-corrected chi connectivity index (χ0v) is 13.5. The topological polar surface area (TPSA) is 87.3 Å². The number of hydrogen-bond acceptors (Lipinski definition) is 4. The molecule has 1 amide bonds. The highest BCUT2D eigenvalue weighted by atomic mass is 32.2. The fourth-order valence-electron chi connectivity index (χ4n) is 1.76. The molecule has 1 aromatic carbocycles. The molecule has 1 atom stereocenters. The van der Waals surface area contributed by atoms with Gasteiger partial charge in [0.15, 0.2) is 0 Å². The van der Waals surface area contributed by atoms with Gasteiger partial charge in [0.1, 0.15) is 10.9 Å². The highest BCUT2D eigenvalue weighted by Crippen LogP contribution is 2.21. The molecule has 3 N–H and O–H groups in total. The molecule has 0 aromatic heterocycles. The van der Waals surface area contributed by atoms with Crippen LogP contribution in [-0.2, 0) is 14.8 Å². The lowest BCUT2D eigenvalue weighted by molar-refractivity contribution is -0.121. The second-order valence-electron chi connectivity index (χ2n) is 4.65. The standard InChI is InChI=1S/C14H23N3O3S/c1-4-10-16-21(19,20)13-9-7-6-8-12(13)17-11(3)14(18)15-5-2/h6-9,11,16-17H,4-5,10H2,1-3H3,(H,15,18). The molecule has 0 aliphatic rings. The van der Waals surface area contributed by atoms with Crippen LogP contribution >= 0.6 is 0 Å². The Bertz CT molecular complexity index is 573. The van der Waals surface area contributed by atoms with E-state index in [0.29, 0.717) is 25.2 Å². The molecule has 7 heteroatoms. The molecular weight excluding hydrogens is 290 g/mol. The summed E-state index contributed by atoms with van der Waals surface area (Å²) in [6.45, 7) is 6.32. The smallest absolute Gasteiger partial charge is 0.242 e. The van der Waals surface area contributed by atoms with Crippen LogP contribution in [0.4, 0.5) is 5.69 Å². The summed E-state index contributed by atoms with van der Waals surface area (Å²) in [5.74, 6) is -0.175. The first kappa shape index (κ1) is 17.5. The zero-order valence-electron chi connectivity index (χ0n) is 12.6. The summed E-state index contributed by atoms with van der Waals surface area (Å²) in [5, 5.41) is 5.64. The van der Waals surface area contributed by atoms with E-state index in [9.17, 15) is 13.2 Å². The molecule has 21 heavy (non-hydrogen) atoms. The molecular formula is C14H23N3O3S. The van der Waals surface area contributed by atoms with Crippen molar-refractivity contribution in [1.82, 2.24) is 10.0 Å². The first-order valence-electron chi connectivity index (χ1n) is 7.05. The quantitative estimate of drug-likeness (QED) is 0.675. The average molecular weight is 313 g/mol. The van der Waals surface area contributed by atoms with Gasteiger partial charge in [-0.1, -0.05) is 19.1 Å². The van der Waals surface area contributed by atoms with E-state index in [1.807, 2.05) is 13.8 Å². The summed E-state index contributed by atoms with van der Waals surface area (Å²) < 4.78 is 27.0. The van der Waals surface area contributed by atoms with Crippen molar-refractivity contribution in [3.63, 3.8) is 0 Å². The highest BCUT2D eigenvalue weighted by Gasteiger charge is 2.20. The maximum atomic E-state index is 12.2. The summed E-state index contributed by atoms with van der Waals surface area (Å²) in [6.07, 6.45) is 0.712. The maximum absolute atomic E-state index is 12.2. The maximum Gasteiger partial charge on any atom is 0.242 e. The summed E-state index contributed by atoms with van der Waals surface area (Å²) in [5.41, 5.74) is 0.417. The second kappa shape index (κ2) is 7.99. The molecule has 0 aliphatic heterocycles. The lowest BCUT2D eigenvalue weighted by Crippen LogP contribution is -2.38. The molecule has 0 spiro atoms. The molecule has 0 saturated heterocycles. The third-order valence-corrected chi connectivity index (χ3v) is 4.35. The third kappa shape index (κ3) is 5.02. The number of carbonyl (C=O) groups excluding carboxylic acids is 1. The largest absolute Gasteiger partial charge is 0.373 e. The van der Waals surface area contributed by atoms with E-state index in [0.717, 1.165) is 0 Å². The SMILES string of the molecule is CCCNS(=O)(=O)c1ccccc1NC(C)C(=O)NCC. The van der Waals surface area contributed by atoms with Crippen molar-refractivity contribution in [2.24, 2.45) is 0 Å². The molecule has 0 heterocycles. The fourth-order valence-corrected chi connectivity index (χ4v) is 3.06. The van der Waals surface area contributed by atoms with Crippen LogP contribution in [0.2, 0.25) is 0 Å². The van der Waals surface area contributed by atoms with Crippen LogP contribution in [0.15, 0.2) is 29.2 Å². The molecule has 0 bridgehead atoms. The Hall–Kier alpha value is -1.60. The number of amides is 1. The Kier molecular flexibility index (Phi) is 6.64. The van der Waals surface area contributed by atoms with Gasteiger partial charge in [-0.25, -0.2) is 13.1 Å². The average Bonchev–Trinajstić information content (AvgIpc) is 2.46. The Morgan fingerprint density at radius 2 is 1.90 bits per heavy atom. The number of hydrogen-bond donors (Lipinski definition) is 3. The number of sulfonamides is 1. The first-order chi connectivity index (χ1) is 9.92. The van der Waals surface area contributed by atoms with Gasteiger partial charge in [-0.3, -0.25) is 4.79 Å². The van der Waals surface area contributed by atoms with E-state index in [-0.39, 0.29) is 10.8 Å². The van der Waals surface area contributed by atoms with Gasteiger partial charge in [0.25, 0.3) is 0 Å². The summed E-state index contributed by atoms with van der Waals surface area (Å²) in [4.78, 5) is 11.9. The molecule has 0 fully saturated rings. The van der Waals surface area contributed by atoms with Crippen molar-refractivity contribution in [3.8, 4) is 0 Å². The summed E-state index contributed by atoms with van der Waals surface area (Å²) >= 11 is 0. The van der Waals surface area contributed by atoms with Gasteiger partial charge < -0.3 is 10.6 Å². The predicted octanol–water partition coefficient (Wildman–Crippen LogP) is 1.31. The molecule has 0 radical (unpaired) electrons. The van der Waals surface area contributed by atoms with Crippen molar-refractivity contribution in [2.45, 2.75) is 38.1 Å². The van der Waals surface area contributed by atoms with E-state index >= 15 is 0 Å². The number of anilines is 1. The monoisotopic (exact) mass is 313 g/mol. The van der Waals surface area contributed by atoms with Crippen LogP contribution in [0, 0.1) is 0 Å². The number of carbonyl (C=O) groups is 1. The minimum absolute atomic E-state index is 0.148. The predicted molar refractivity (Wildman–Crippen MR) is 83.7 cm³/mol. The van der Waals surface area contributed by atoms with Crippen LogP contribution in [0.5, 0.6) is 0 Å². The molecule has 118 valence electrons. The zero-order chi connectivity index (χ0) is 15.9. The van der Waals surface area contributed by atoms with Crippen molar-refractivity contribution in [3.05, 3.63) is 24.3 Å². The van der Waals surface area contributed by atoms with Crippen molar-refractivity contribution >= 4 is 21.6 Å². The molecule has 0 saturated carbocycles. The van der Waals surface area contributed by atoms with Crippen molar-refractivity contribution in [1.29, 1.82) is 0 Å². The van der Waals surface area contributed by atoms with Crippen molar-refractivity contribution in [2.75, 3.05) is 18.4 Å². The van der Waals surface area contributed by atoms with Crippen LogP contribution in [0.3, 0.4) is 0 Å². The normalized spacial score (nSPS) is 12.7. The Morgan fingerprint density at radius 1 is 1.24 bits per heavy atom. The number of para-hydroxylation sites is 1.